The highest BCUT2D eigenvalue weighted by molar-refractivity contribution is 5.21. The average Bonchev–Trinajstić information content (AvgIpc) is 2.49. The van der Waals surface area contributed by atoms with Crippen LogP contribution in [0.1, 0.15) is 37.2 Å². The zero-order valence-electron chi connectivity index (χ0n) is 12.4. The van der Waals surface area contributed by atoms with E-state index in [-0.39, 0.29) is 0 Å². The number of rotatable bonds is 6. The summed E-state index contributed by atoms with van der Waals surface area (Å²) in [5.41, 5.74) is 1.79. The van der Waals surface area contributed by atoms with Gasteiger partial charge in [0.15, 0.2) is 0 Å². The van der Waals surface area contributed by atoms with E-state index in [0.717, 1.165) is 11.1 Å². The number of aliphatic hydroxyl groups excluding tert-OH is 2. The van der Waals surface area contributed by atoms with Crippen LogP contribution in [0.3, 0.4) is 0 Å². The fraction of sp³-hybridized carbons (Fsp3) is 0.333. The summed E-state index contributed by atoms with van der Waals surface area (Å²) in [4.78, 5) is 0. The molecule has 4 unspecified atom stereocenters. The summed E-state index contributed by atoms with van der Waals surface area (Å²) in [7, 11) is 0. The average molecular weight is 286 g/mol. The van der Waals surface area contributed by atoms with Crippen LogP contribution >= 0.6 is 0 Å². The van der Waals surface area contributed by atoms with Crippen LogP contribution in [0.25, 0.3) is 0 Å². The molecular formula is C18H22O3. The number of hydrogen-bond acceptors (Lipinski definition) is 3. The van der Waals surface area contributed by atoms with Gasteiger partial charge in [0.25, 0.3) is 0 Å². The molecule has 0 saturated carbocycles. The van der Waals surface area contributed by atoms with Crippen molar-refractivity contribution < 1.29 is 14.9 Å². The van der Waals surface area contributed by atoms with Crippen LogP contribution in [0.15, 0.2) is 60.7 Å². The minimum Gasteiger partial charge on any atom is -0.390 e. The second kappa shape index (κ2) is 7.36. The summed E-state index contributed by atoms with van der Waals surface area (Å²) >= 11 is 0. The zero-order chi connectivity index (χ0) is 15.2. The van der Waals surface area contributed by atoms with E-state index >= 15 is 0 Å². The smallest absolute Gasteiger partial charge is 0.109 e. The predicted molar refractivity (Wildman–Crippen MR) is 82.8 cm³/mol. The Labute approximate surface area is 125 Å². The third kappa shape index (κ3) is 4.14. The van der Waals surface area contributed by atoms with Gasteiger partial charge in [-0.25, -0.2) is 0 Å². The van der Waals surface area contributed by atoms with E-state index in [1.807, 2.05) is 60.7 Å². The minimum atomic E-state index is -0.669. The molecule has 2 N–H and O–H groups in total. The van der Waals surface area contributed by atoms with Gasteiger partial charge in [0.05, 0.1) is 12.2 Å². The maximum absolute atomic E-state index is 10.0. The molecule has 0 amide bonds. The Morgan fingerprint density at radius 3 is 1.29 bits per heavy atom. The first-order valence-electron chi connectivity index (χ1n) is 7.21. The van der Waals surface area contributed by atoms with Gasteiger partial charge in [-0.15, -0.1) is 0 Å². The number of benzene rings is 2. The lowest BCUT2D eigenvalue weighted by atomic mass is 10.0. The van der Waals surface area contributed by atoms with Gasteiger partial charge in [0.1, 0.15) is 12.2 Å². The molecule has 0 aliphatic rings. The Morgan fingerprint density at radius 1 is 0.667 bits per heavy atom. The second-order valence-corrected chi connectivity index (χ2v) is 5.28. The van der Waals surface area contributed by atoms with Crippen LogP contribution in [0, 0.1) is 0 Å². The molecule has 0 aliphatic heterocycles. The standard InChI is InChI=1S/C18H22O3/c1-13(19)17(15-9-5-3-6-10-15)21-18(14(2)20)16-11-7-4-8-12-16/h3-14,17-20H,1-2H3. The van der Waals surface area contributed by atoms with Crippen molar-refractivity contribution in [2.45, 2.75) is 38.3 Å². The van der Waals surface area contributed by atoms with Gasteiger partial charge in [-0.05, 0) is 25.0 Å². The van der Waals surface area contributed by atoms with Crippen molar-refractivity contribution in [3.05, 3.63) is 71.8 Å². The molecule has 0 fully saturated rings. The fourth-order valence-corrected chi connectivity index (χ4v) is 2.38. The van der Waals surface area contributed by atoms with E-state index in [9.17, 15) is 10.2 Å². The summed E-state index contributed by atoms with van der Waals surface area (Å²) in [5.74, 6) is 0. The van der Waals surface area contributed by atoms with E-state index in [0.29, 0.717) is 0 Å². The van der Waals surface area contributed by atoms with Crippen molar-refractivity contribution in [3.8, 4) is 0 Å². The Hall–Kier alpha value is -1.68. The number of hydrogen-bond donors (Lipinski definition) is 2. The topological polar surface area (TPSA) is 49.7 Å². The molecule has 2 aromatic rings. The second-order valence-electron chi connectivity index (χ2n) is 5.28. The molecule has 4 atom stereocenters. The third-order valence-electron chi connectivity index (χ3n) is 3.43. The quantitative estimate of drug-likeness (QED) is 0.857. The fourth-order valence-electron chi connectivity index (χ4n) is 2.38. The lowest BCUT2D eigenvalue weighted by molar-refractivity contribution is -0.113. The molecule has 0 aliphatic carbocycles. The van der Waals surface area contributed by atoms with E-state index in [2.05, 4.69) is 0 Å². The van der Waals surface area contributed by atoms with Crippen molar-refractivity contribution in [1.82, 2.24) is 0 Å². The summed E-state index contributed by atoms with van der Waals surface area (Å²) in [6.45, 7) is 3.39. The lowest BCUT2D eigenvalue weighted by Crippen LogP contribution is -2.25. The first kappa shape index (κ1) is 15.7. The molecule has 3 heteroatoms. The van der Waals surface area contributed by atoms with Crippen LogP contribution < -0.4 is 0 Å². The highest BCUT2D eigenvalue weighted by atomic mass is 16.5. The van der Waals surface area contributed by atoms with Gasteiger partial charge >= 0.3 is 0 Å². The molecule has 0 bridgehead atoms. The Morgan fingerprint density at radius 2 is 1.00 bits per heavy atom. The van der Waals surface area contributed by atoms with Crippen LogP contribution in [-0.2, 0) is 4.74 Å². The van der Waals surface area contributed by atoms with Crippen molar-refractivity contribution in [3.63, 3.8) is 0 Å². The number of ether oxygens (including phenoxy) is 1. The minimum absolute atomic E-state index is 0.481. The molecule has 0 aromatic heterocycles. The van der Waals surface area contributed by atoms with E-state index < -0.39 is 24.4 Å². The molecule has 0 saturated heterocycles. The summed E-state index contributed by atoms with van der Waals surface area (Å²) in [6.07, 6.45) is -2.30. The third-order valence-corrected chi connectivity index (χ3v) is 3.43. The summed E-state index contributed by atoms with van der Waals surface area (Å²) in [6, 6.07) is 19.2. The van der Waals surface area contributed by atoms with E-state index in [1.54, 1.807) is 13.8 Å². The Kier molecular flexibility index (Phi) is 5.51. The molecule has 0 heterocycles. The van der Waals surface area contributed by atoms with E-state index in [1.165, 1.54) is 0 Å². The van der Waals surface area contributed by atoms with Gasteiger partial charge in [-0.1, -0.05) is 60.7 Å². The van der Waals surface area contributed by atoms with Gasteiger partial charge in [0.2, 0.25) is 0 Å². The highest BCUT2D eigenvalue weighted by Gasteiger charge is 2.26. The largest absolute Gasteiger partial charge is 0.390 e. The molecule has 0 radical (unpaired) electrons. The molecule has 112 valence electrons. The van der Waals surface area contributed by atoms with Gasteiger partial charge in [-0.3, -0.25) is 0 Å². The van der Waals surface area contributed by atoms with Crippen LogP contribution in [0.4, 0.5) is 0 Å². The Balaban J connectivity index is 2.25. The maximum atomic E-state index is 10.0. The zero-order valence-corrected chi connectivity index (χ0v) is 12.4. The van der Waals surface area contributed by atoms with Gasteiger partial charge in [0, 0.05) is 0 Å². The van der Waals surface area contributed by atoms with Crippen molar-refractivity contribution in [2.75, 3.05) is 0 Å². The van der Waals surface area contributed by atoms with E-state index in [4.69, 9.17) is 4.74 Å². The van der Waals surface area contributed by atoms with Crippen molar-refractivity contribution in [2.24, 2.45) is 0 Å². The maximum Gasteiger partial charge on any atom is 0.109 e. The highest BCUT2D eigenvalue weighted by Crippen LogP contribution is 2.31. The SMILES string of the molecule is CC(O)C(OC(c1ccccc1)C(C)O)c1ccccc1. The van der Waals surface area contributed by atoms with Crippen molar-refractivity contribution >= 4 is 0 Å². The van der Waals surface area contributed by atoms with Crippen LogP contribution in [-0.4, -0.2) is 22.4 Å². The van der Waals surface area contributed by atoms with Gasteiger partial charge in [-0.2, -0.15) is 0 Å². The number of aliphatic hydroxyl groups is 2. The van der Waals surface area contributed by atoms with Crippen molar-refractivity contribution in [1.29, 1.82) is 0 Å². The van der Waals surface area contributed by atoms with Crippen LogP contribution in [0.2, 0.25) is 0 Å². The molecule has 2 rings (SSSR count). The summed E-state index contributed by atoms with van der Waals surface area (Å²) < 4.78 is 6.05. The molecular weight excluding hydrogens is 264 g/mol. The summed E-state index contributed by atoms with van der Waals surface area (Å²) in [5, 5.41) is 20.1. The lowest BCUT2D eigenvalue weighted by Gasteiger charge is -2.29. The molecule has 21 heavy (non-hydrogen) atoms. The first-order valence-corrected chi connectivity index (χ1v) is 7.21. The molecule has 0 spiro atoms. The molecule has 2 aromatic carbocycles. The first-order chi connectivity index (χ1) is 10.1. The van der Waals surface area contributed by atoms with Crippen LogP contribution in [0.5, 0.6) is 0 Å². The normalized spacial score (nSPS) is 17.0. The predicted octanol–water partition coefficient (Wildman–Crippen LogP) is 3.25. The molecule has 3 nitrogen and oxygen atoms in total. The Bertz CT molecular complexity index is 473. The monoisotopic (exact) mass is 286 g/mol. The van der Waals surface area contributed by atoms with Gasteiger partial charge < -0.3 is 14.9 Å².